The van der Waals surface area contributed by atoms with E-state index in [9.17, 15) is 4.79 Å². The molecule has 0 fully saturated rings. The van der Waals surface area contributed by atoms with Gasteiger partial charge >= 0.3 is 5.97 Å². The number of allylic oxidation sites excluding steroid dienone is 2. The van der Waals surface area contributed by atoms with E-state index in [-0.39, 0.29) is 15.9 Å². The fraction of sp³-hybridized carbons (Fsp3) is 0.429. The average molecular weight is 300 g/mol. The van der Waals surface area contributed by atoms with Gasteiger partial charge in [-0.25, -0.2) is 9.78 Å². The molecule has 5 heteroatoms. The molecule has 2 rings (SSSR count). The van der Waals surface area contributed by atoms with Crippen LogP contribution in [0.2, 0.25) is 10.2 Å². The van der Waals surface area contributed by atoms with E-state index in [1.807, 2.05) is 0 Å². The van der Waals surface area contributed by atoms with Crippen LogP contribution in [0.25, 0.3) is 0 Å². The van der Waals surface area contributed by atoms with Crippen molar-refractivity contribution >= 4 is 29.2 Å². The number of carbonyl (C=O) groups is 1. The van der Waals surface area contributed by atoms with E-state index in [0.717, 1.165) is 12.8 Å². The fourth-order valence-corrected chi connectivity index (χ4v) is 2.38. The molecule has 3 nitrogen and oxygen atoms in total. The smallest absolute Gasteiger partial charge is 0.358 e. The van der Waals surface area contributed by atoms with E-state index in [0.29, 0.717) is 18.4 Å². The number of ether oxygens (including phenoxy) is 1. The van der Waals surface area contributed by atoms with Gasteiger partial charge in [-0.3, -0.25) is 0 Å². The zero-order chi connectivity index (χ0) is 13.8. The maximum atomic E-state index is 11.9. The van der Waals surface area contributed by atoms with Crippen molar-refractivity contribution in [1.29, 1.82) is 0 Å². The second kappa shape index (κ2) is 6.40. The van der Waals surface area contributed by atoms with E-state index in [1.54, 1.807) is 6.07 Å². The summed E-state index contributed by atoms with van der Waals surface area (Å²) in [6.45, 7) is 2.54. The van der Waals surface area contributed by atoms with E-state index >= 15 is 0 Å². The first-order valence-corrected chi connectivity index (χ1v) is 6.97. The standard InChI is InChI=1S/C14H15Cl2NO2/c1-9-4-2-3-5-10(9)8-19-14(18)13-11(15)6-7-12(16)17-13/h2-3,6-7,9-10H,4-5,8H2,1H3. The second-order valence-electron chi connectivity index (χ2n) is 4.74. The minimum atomic E-state index is -0.519. The molecule has 0 N–H and O–H groups in total. The molecule has 1 aromatic heterocycles. The van der Waals surface area contributed by atoms with Crippen LogP contribution in [0.15, 0.2) is 24.3 Å². The quantitative estimate of drug-likeness (QED) is 0.478. The molecule has 1 heterocycles. The number of halogens is 2. The fourth-order valence-electron chi connectivity index (χ4n) is 2.05. The predicted molar refractivity (Wildman–Crippen MR) is 75.6 cm³/mol. The third kappa shape index (κ3) is 3.71. The largest absolute Gasteiger partial charge is 0.461 e. The molecule has 0 saturated heterocycles. The summed E-state index contributed by atoms with van der Waals surface area (Å²) < 4.78 is 5.30. The van der Waals surface area contributed by atoms with Crippen LogP contribution >= 0.6 is 23.2 Å². The van der Waals surface area contributed by atoms with Crippen molar-refractivity contribution in [2.45, 2.75) is 19.8 Å². The first-order valence-electron chi connectivity index (χ1n) is 6.22. The lowest BCUT2D eigenvalue weighted by atomic mass is 9.85. The Morgan fingerprint density at radius 1 is 1.37 bits per heavy atom. The van der Waals surface area contributed by atoms with Crippen molar-refractivity contribution in [2.24, 2.45) is 11.8 Å². The molecule has 2 atom stereocenters. The van der Waals surface area contributed by atoms with Crippen molar-refractivity contribution < 1.29 is 9.53 Å². The third-order valence-electron chi connectivity index (χ3n) is 3.35. The van der Waals surface area contributed by atoms with Crippen LogP contribution in [0, 0.1) is 11.8 Å². The normalized spacial score (nSPS) is 22.3. The molecule has 0 aliphatic heterocycles. The molecule has 1 aromatic rings. The van der Waals surface area contributed by atoms with Crippen LogP contribution in [0.1, 0.15) is 30.3 Å². The molecular formula is C14H15Cl2NO2. The highest BCUT2D eigenvalue weighted by Crippen LogP contribution is 2.26. The van der Waals surface area contributed by atoms with E-state index in [1.165, 1.54) is 6.07 Å². The molecule has 0 spiro atoms. The van der Waals surface area contributed by atoms with Crippen LogP contribution in [-0.2, 0) is 4.74 Å². The molecule has 0 amide bonds. The monoisotopic (exact) mass is 299 g/mol. The molecule has 102 valence electrons. The Balaban J connectivity index is 1.97. The molecule has 19 heavy (non-hydrogen) atoms. The number of esters is 1. The molecule has 0 radical (unpaired) electrons. The number of hydrogen-bond acceptors (Lipinski definition) is 3. The highest BCUT2D eigenvalue weighted by molar-refractivity contribution is 6.34. The van der Waals surface area contributed by atoms with Crippen LogP contribution < -0.4 is 0 Å². The summed E-state index contributed by atoms with van der Waals surface area (Å²) in [5.41, 5.74) is 0.0770. The van der Waals surface area contributed by atoms with E-state index in [2.05, 4.69) is 24.1 Å². The molecule has 1 aliphatic rings. The Morgan fingerprint density at radius 3 is 2.84 bits per heavy atom. The Morgan fingerprint density at radius 2 is 2.11 bits per heavy atom. The molecular weight excluding hydrogens is 285 g/mol. The summed E-state index contributed by atoms with van der Waals surface area (Å²) in [4.78, 5) is 15.8. The van der Waals surface area contributed by atoms with E-state index in [4.69, 9.17) is 27.9 Å². The lowest BCUT2D eigenvalue weighted by Crippen LogP contribution is -2.22. The van der Waals surface area contributed by atoms with Gasteiger partial charge in [0.25, 0.3) is 0 Å². The zero-order valence-corrected chi connectivity index (χ0v) is 12.1. The Hall–Kier alpha value is -1.06. The number of nitrogens with zero attached hydrogens (tertiary/aromatic N) is 1. The zero-order valence-electron chi connectivity index (χ0n) is 10.6. The molecule has 0 aromatic carbocycles. The Bertz CT molecular complexity index is 502. The lowest BCUT2D eigenvalue weighted by molar-refractivity contribution is 0.0389. The molecule has 2 unspecified atom stereocenters. The van der Waals surface area contributed by atoms with Crippen molar-refractivity contribution in [3.63, 3.8) is 0 Å². The minimum absolute atomic E-state index is 0.0770. The van der Waals surface area contributed by atoms with Gasteiger partial charge in [-0.2, -0.15) is 0 Å². The van der Waals surface area contributed by atoms with Gasteiger partial charge in [0.1, 0.15) is 5.15 Å². The number of hydrogen-bond donors (Lipinski definition) is 0. The summed E-state index contributed by atoms with van der Waals surface area (Å²) in [6.07, 6.45) is 6.25. The molecule has 1 aliphatic carbocycles. The van der Waals surface area contributed by atoms with Crippen molar-refractivity contribution in [3.8, 4) is 0 Å². The van der Waals surface area contributed by atoms with Crippen LogP contribution in [0.5, 0.6) is 0 Å². The maximum Gasteiger partial charge on any atom is 0.358 e. The van der Waals surface area contributed by atoms with Gasteiger partial charge in [0.15, 0.2) is 5.69 Å². The first kappa shape index (κ1) is 14.4. The molecule has 0 saturated carbocycles. The van der Waals surface area contributed by atoms with Gasteiger partial charge in [0, 0.05) is 0 Å². The van der Waals surface area contributed by atoms with Gasteiger partial charge in [-0.1, -0.05) is 42.3 Å². The number of pyridine rings is 1. The van der Waals surface area contributed by atoms with Gasteiger partial charge < -0.3 is 4.74 Å². The third-order valence-corrected chi connectivity index (χ3v) is 3.87. The highest BCUT2D eigenvalue weighted by Gasteiger charge is 2.21. The first-order chi connectivity index (χ1) is 9.08. The summed E-state index contributed by atoms with van der Waals surface area (Å²) in [6, 6.07) is 3.08. The SMILES string of the molecule is CC1CC=CCC1COC(=O)c1nc(Cl)ccc1Cl. The van der Waals surface area contributed by atoms with Crippen LogP contribution in [-0.4, -0.2) is 17.6 Å². The van der Waals surface area contributed by atoms with Gasteiger partial charge in [-0.05, 0) is 36.8 Å². The van der Waals surface area contributed by atoms with Gasteiger partial charge in [0.05, 0.1) is 11.6 Å². The Labute approximate surface area is 122 Å². The molecule has 0 bridgehead atoms. The summed E-state index contributed by atoms with van der Waals surface area (Å²) in [5.74, 6) is 0.349. The summed E-state index contributed by atoms with van der Waals surface area (Å²) in [7, 11) is 0. The summed E-state index contributed by atoms with van der Waals surface area (Å²) in [5, 5.41) is 0.483. The lowest BCUT2D eigenvalue weighted by Gasteiger charge is -2.24. The van der Waals surface area contributed by atoms with Gasteiger partial charge in [-0.15, -0.1) is 0 Å². The van der Waals surface area contributed by atoms with Crippen LogP contribution in [0.3, 0.4) is 0 Å². The van der Waals surface area contributed by atoms with Gasteiger partial charge in [0.2, 0.25) is 0 Å². The number of rotatable bonds is 3. The van der Waals surface area contributed by atoms with E-state index < -0.39 is 5.97 Å². The summed E-state index contributed by atoms with van der Waals surface area (Å²) >= 11 is 11.7. The van der Waals surface area contributed by atoms with Crippen molar-refractivity contribution in [3.05, 3.63) is 40.2 Å². The highest BCUT2D eigenvalue weighted by atomic mass is 35.5. The predicted octanol–water partition coefficient (Wildman–Crippen LogP) is 4.15. The van der Waals surface area contributed by atoms with Crippen molar-refractivity contribution in [2.75, 3.05) is 6.61 Å². The number of carbonyl (C=O) groups excluding carboxylic acids is 1. The number of aromatic nitrogens is 1. The average Bonchev–Trinajstić information content (AvgIpc) is 2.40. The Kier molecular flexibility index (Phi) is 4.83. The van der Waals surface area contributed by atoms with Crippen LogP contribution in [0.4, 0.5) is 0 Å². The minimum Gasteiger partial charge on any atom is -0.461 e. The topological polar surface area (TPSA) is 39.2 Å². The second-order valence-corrected chi connectivity index (χ2v) is 5.54. The van der Waals surface area contributed by atoms with Crippen molar-refractivity contribution in [1.82, 2.24) is 4.98 Å². The maximum absolute atomic E-state index is 11.9.